The summed E-state index contributed by atoms with van der Waals surface area (Å²) < 4.78 is 1.57. The van der Waals surface area contributed by atoms with Gasteiger partial charge in [-0.1, -0.05) is 0 Å². The highest BCUT2D eigenvalue weighted by molar-refractivity contribution is 5.84. The molecule has 0 aliphatic carbocycles. The molecule has 0 bridgehead atoms. The van der Waals surface area contributed by atoms with Gasteiger partial charge in [-0.3, -0.25) is 4.79 Å². The zero-order chi connectivity index (χ0) is 15.0. The number of primary amides is 1. The van der Waals surface area contributed by atoms with Gasteiger partial charge in [0.1, 0.15) is 0 Å². The Hall–Kier alpha value is -2.58. The van der Waals surface area contributed by atoms with Crippen molar-refractivity contribution in [3.8, 4) is 0 Å². The number of carboxylic acids is 1. The summed E-state index contributed by atoms with van der Waals surface area (Å²) in [6, 6.07) is -0.354. The number of carbonyl (C=O) groups is 3. The van der Waals surface area contributed by atoms with Crippen LogP contribution in [0.25, 0.3) is 0 Å². The third-order valence-electron chi connectivity index (χ3n) is 2.39. The van der Waals surface area contributed by atoms with Crippen LogP contribution in [0.15, 0.2) is 12.5 Å². The summed E-state index contributed by atoms with van der Waals surface area (Å²) >= 11 is 0. The second kappa shape index (κ2) is 7.77. The molecule has 0 aliphatic heterocycles. The molecule has 0 aliphatic rings. The van der Waals surface area contributed by atoms with Crippen molar-refractivity contribution in [2.45, 2.75) is 19.4 Å². The van der Waals surface area contributed by atoms with E-state index in [2.05, 4.69) is 15.6 Å². The Kier molecular flexibility index (Phi) is 6.01. The summed E-state index contributed by atoms with van der Waals surface area (Å²) in [5, 5.41) is 13.8. The Morgan fingerprint density at radius 2 is 2.00 bits per heavy atom. The van der Waals surface area contributed by atoms with Gasteiger partial charge in [-0.15, -0.1) is 0 Å². The summed E-state index contributed by atoms with van der Waals surface area (Å²) in [7, 11) is 0. The van der Waals surface area contributed by atoms with Gasteiger partial charge >= 0.3 is 12.0 Å². The summed E-state index contributed by atoms with van der Waals surface area (Å²) in [6.45, 7) is 1.11. The Bertz CT molecular complexity index is 485. The molecule has 0 fully saturated rings. The van der Waals surface area contributed by atoms with Crippen molar-refractivity contribution < 1.29 is 19.5 Å². The van der Waals surface area contributed by atoms with Gasteiger partial charge in [0.2, 0.25) is 5.91 Å². The van der Waals surface area contributed by atoms with E-state index >= 15 is 0 Å². The molecule has 0 radical (unpaired) electrons. The van der Waals surface area contributed by atoms with Gasteiger partial charge < -0.3 is 26.0 Å². The SMILES string of the molecule is NC(=O)CCCNC(=O)NCCn1cnc(C(=O)O)c1. The zero-order valence-corrected chi connectivity index (χ0v) is 10.8. The molecule has 0 saturated heterocycles. The Labute approximate surface area is 115 Å². The molecule has 1 aromatic rings. The van der Waals surface area contributed by atoms with Crippen LogP contribution in [-0.2, 0) is 11.3 Å². The number of amides is 3. The number of hydrogen-bond acceptors (Lipinski definition) is 4. The first-order chi connectivity index (χ1) is 9.49. The van der Waals surface area contributed by atoms with E-state index in [1.54, 1.807) is 4.57 Å². The summed E-state index contributed by atoms with van der Waals surface area (Å²) in [5.41, 5.74) is 4.92. The van der Waals surface area contributed by atoms with Gasteiger partial charge in [-0.05, 0) is 6.42 Å². The lowest BCUT2D eigenvalue weighted by atomic mass is 10.3. The number of nitrogens with zero attached hydrogens (tertiary/aromatic N) is 2. The highest BCUT2D eigenvalue weighted by Gasteiger charge is 2.06. The minimum absolute atomic E-state index is 0.0408. The number of carboxylic acid groups (broad SMARTS) is 1. The standard InChI is InChI=1S/C11H17N5O4/c12-9(17)2-1-3-13-11(20)14-4-5-16-6-8(10(18)19)15-7-16/h6-7H,1-5H2,(H2,12,17)(H,18,19)(H2,13,14,20). The molecule has 5 N–H and O–H groups in total. The smallest absolute Gasteiger partial charge is 0.356 e. The lowest BCUT2D eigenvalue weighted by Crippen LogP contribution is -2.37. The van der Waals surface area contributed by atoms with E-state index in [1.807, 2.05) is 0 Å². The monoisotopic (exact) mass is 283 g/mol. The average Bonchev–Trinajstić information content (AvgIpc) is 2.83. The van der Waals surface area contributed by atoms with E-state index in [0.29, 0.717) is 26.1 Å². The maximum atomic E-state index is 11.3. The number of carbonyl (C=O) groups excluding carboxylic acids is 2. The van der Waals surface area contributed by atoms with Crippen molar-refractivity contribution in [1.29, 1.82) is 0 Å². The number of aromatic nitrogens is 2. The first-order valence-corrected chi connectivity index (χ1v) is 6.04. The summed E-state index contributed by atoms with van der Waals surface area (Å²) in [4.78, 5) is 36.1. The molecule has 9 nitrogen and oxygen atoms in total. The molecule has 0 spiro atoms. The minimum Gasteiger partial charge on any atom is -0.476 e. The number of aromatic carboxylic acids is 1. The van der Waals surface area contributed by atoms with Crippen LogP contribution in [0.3, 0.4) is 0 Å². The Balaban J connectivity index is 2.15. The van der Waals surface area contributed by atoms with Gasteiger partial charge in [0.05, 0.1) is 6.33 Å². The zero-order valence-electron chi connectivity index (χ0n) is 10.8. The second-order valence-electron chi connectivity index (χ2n) is 4.05. The Morgan fingerprint density at radius 1 is 1.30 bits per heavy atom. The third-order valence-corrected chi connectivity index (χ3v) is 2.39. The van der Waals surface area contributed by atoms with E-state index in [1.165, 1.54) is 12.5 Å². The molecule has 9 heteroatoms. The van der Waals surface area contributed by atoms with Crippen LogP contribution in [0.1, 0.15) is 23.3 Å². The van der Waals surface area contributed by atoms with Crippen molar-refractivity contribution in [3.63, 3.8) is 0 Å². The maximum absolute atomic E-state index is 11.3. The molecule has 0 saturated carbocycles. The highest BCUT2D eigenvalue weighted by Crippen LogP contribution is 1.95. The largest absolute Gasteiger partial charge is 0.476 e. The number of imidazole rings is 1. The van der Waals surface area contributed by atoms with Crippen molar-refractivity contribution >= 4 is 17.9 Å². The molecule has 3 amide bonds. The quantitative estimate of drug-likeness (QED) is 0.460. The van der Waals surface area contributed by atoms with Crippen LogP contribution >= 0.6 is 0 Å². The molecular weight excluding hydrogens is 266 g/mol. The van der Waals surface area contributed by atoms with Gasteiger partial charge in [0, 0.05) is 32.3 Å². The first kappa shape index (κ1) is 15.5. The van der Waals surface area contributed by atoms with Crippen LogP contribution in [0.5, 0.6) is 0 Å². The van der Waals surface area contributed by atoms with Gasteiger partial charge in [0.15, 0.2) is 5.69 Å². The molecular formula is C11H17N5O4. The van der Waals surface area contributed by atoms with E-state index in [4.69, 9.17) is 10.8 Å². The predicted molar refractivity (Wildman–Crippen MR) is 69.0 cm³/mol. The molecule has 1 heterocycles. The molecule has 1 aromatic heterocycles. The molecule has 0 atom stereocenters. The number of nitrogens with one attached hydrogen (secondary N) is 2. The van der Waals surface area contributed by atoms with Crippen molar-refractivity contribution in [1.82, 2.24) is 20.2 Å². The number of hydrogen-bond donors (Lipinski definition) is 4. The third kappa shape index (κ3) is 5.85. The Morgan fingerprint density at radius 3 is 2.60 bits per heavy atom. The summed E-state index contributed by atoms with van der Waals surface area (Å²) in [5.74, 6) is -1.49. The van der Waals surface area contributed by atoms with Crippen LogP contribution in [0.4, 0.5) is 4.79 Å². The van der Waals surface area contributed by atoms with Gasteiger partial charge in [-0.25, -0.2) is 14.6 Å². The van der Waals surface area contributed by atoms with Gasteiger partial charge in [-0.2, -0.15) is 0 Å². The van der Waals surface area contributed by atoms with E-state index in [0.717, 1.165) is 0 Å². The topological polar surface area (TPSA) is 139 Å². The summed E-state index contributed by atoms with van der Waals surface area (Å²) in [6.07, 6.45) is 3.49. The average molecular weight is 283 g/mol. The van der Waals surface area contributed by atoms with E-state index in [9.17, 15) is 14.4 Å². The van der Waals surface area contributed by atoms with Crippen LogP contribution in [0, 0.1) is 0 Å². The fourth-order valence-corrected chi connectivity index (χ4v) is 1.42. The first-order valence-electron chi connectivity index (χ1n) is 6.04. The van der Waals surface area contributed by atoms with Crippen molar-refractivity contribution in [3.05, 3.63) is 18.2 Å². The maximum Gasteiger partial charge on any atom is 0.356 e. The molecule has 1 rings (SSSR count). The van der Waals surface area contributed by atoms with E-state index in [-0.39, 0.29) is 18.1 Å². The van der Waals surface area contributed by atoms with Crippen molar-refractivity contribution in [2.24, 2.45) is 5.73 Å². The van der Waals surface area contributed by atoms with Crippen LogP contribution in [-0.4, -0.2) is 45.7 Å². The lowest BCUT2D eigenvalue weighted by Gasteiger charge is -2.07. The van der Waals surface area contributed by atoms with Crippen molar-refractivity contribution in [2.75, 3.05) is 13.1 Å². The lowest BCUT2D eigenvalue weighted by molar-refractivity contribution is -0.118. The fourth-order valence-electron chi connectivity index (χ4n) is 1.42. The number of nitrogens with two attached hydrogens (primary N) is 1. The molecule has 0 aromatic carbocycles. The molecule has 0 unspecified atom stereocenters. The highest BCUT2D eigenvalue weighted by atomic mass is 16.4. The molecule has 20 heavy (non-hydrogen) atoms. The second-order valence-corrected chi connectivity index (χ2v) is 4.05. The predicted octanol–water partition coefficient (Wildman–Crippen LogP) is -0.854. The van der Waals surface area contributed by atoms with E-state index < -0.39 is 11.9 Å². The normalized spacial score (nSPS) is 10.0. The fraction of sp³-hybridized carbons (Fsp3) is 0.455. The van der Waals surface area contributed by atoms with Gasteiger partial charge in [0.25, 0.3) is 0 Å². The van der Waals surface area contributed by atoms with Crippen LogP contribution in [0.2, 0.25) is 0 Å². The van der Waals surface area contributed by atoms with Crippen LogP contribution < -0.4 is 16.4 Å². The molecule has 110 valence electrons. The number of urea groups is 1. The number of rotatable bonds is 8. The minimum atomic E-state index is -1.09.